The quantitative estimate of drug-likeness (QED) is 0.863. The minimum atomic E-state index is 0.153. The Kier molecular flexibility index (Phi) is 4.70. The normalized spacial score (nSPS) is 19.3. The fraction of sp³-hybridized carbons (Fsp3) is 0.524. The average molecular weight is 353 g/mol. The molecule has 1 atom stereocenters. The zero-order valence-corrected chi connectivity index (χ0v) is 15.6. The van der Waals surface area contributed by atoms with Crippen molar-refractivity contribution in [1.82, 2.24) is 15.1 Å². The van der Waals surface area contributed by atoms with Crippen molar-refractivity contribution in [3.05, 3.63) is 47.3 Å². The number of nitrogens with zero attached hydrogens (tertiary/aromatic N) is 2. The monoisotopic (exact) mass is 353 g/mol. The molecular weight excluding hydrogens is 326 g/mol. The molecule has 0 radical (unpaired) electrons. The summed E-state index contributed by atoms with van der Waals surface area (Å²) in [5.74, 6) is 1.47. The number of nitrogens with one attached hydrogen (secondary N) is 1. The second-order valence-electron chi connectivity index (χ2n) is 7.93. The van der Waals surface area contributed by atoms with Gasteiger partial charge < -0.3 is 9.64 Å². The second-order valence-corrected chi connectivity index (χ2v) is 7.93. The van der Waals surface area contributed by atoms with Crippen LogP contribution in [0.1, 0.15) is 54.7 Å². The molecule has 0 aliphatic heterocycles. The molecule has 2 aliphatic rings. The van der Waals surface area contributed by atoms with E-state index in [-0.39, 0.29) is 11.9 Å². The molecule has 138 valence electrons. The van der Waals surface area contributed by atoms with Gasteiger partial charge in [0.05, 0.1) is 12.3 Å². The van der Waals surface area contributed by atoms with Crippen molar-refractivity contribution in [2.75, 3.05) is 6.61 Å². The zero-order valence-electron chi connectivity index (χ0n) is 15.6. The Balaban J connectivity index is 1.48. The van der Waals surface area contributed by atoms with Crippen molar-refractivity contribution in [2.24, 2.45) is 5.92 Å². The van der Waals surface area contributed by atoms with E-state index in [0.29, 0.717) is 18.6 Å². The van der Waals surface area contributed by atoms with Gasteiger partial charge in [-0.05, 0) is 67.9 Å². The lowest BCUT2D eigenvalue weighted by molar-refractivity contribution is 0.0642. The van der Waals surface area contributed by atoms with Crippen LogP contribution in [0.25, 0.3) is 0 Å². The largest absolute Gasteiger partial charge is 0.493 e. The van der Waals surface area contributed by atoms with Crippen LogP contribution in [0.15, 0.2) is 30.5 Å². The fourth-order valence-corrected chi connectivity index (χ4v) is 3.72. The number of rotatable bonds is 6. The lowest BCUT2D eigenvalue weighted by Crippen LogP contribution is -2.44. The number of aromatic amines is 1. The highest BCUT2D eigenvalue weighted by Crippen LogP contribution is 2.34. The van der Waals surface area contributed by atoms with E-state index >= 15 is 0 Å². The second kappa shape index (κ2) is 7.14. The van der Waals surface area contributed by atoms with Crippen LogP contribution >= 0.6 is 0 Å². The van der Waals surface area contributed by atoms with Gasteiger partial charge in [0.1, 0.15) is 5.75 Å². The minimum absolute atomic E-state index is 0.153. The van der Waals surface area contributed by atoms with Gasteiger partial charge in [0, 0.05) is 23.8 Å². The Morgan fingerprint density at radius 1 is 1.23 bits per heavy atom. The number of amides is 1. The summed E-state index contributed by atoms with van der Waals surface area (Å²) in [6.45, 7) is 4.94. The molecule has 1 heterocycles. The maximum absolute atomic E-state index is 13.2. The number of hydrogen-bond acceptors (Lipinski definition) is 3. The number of carbonyl (C=O) groups excluding carboxylic acids is 1. The van der Waals surface area contributed by atoms with Gasteiger partial charge in [0.15, 0.2) is 0 Å². The molecule has 1 amide bonds. The first-order chi connectivity index (χ1) is 12.6. The molecule has 4 rings (SSSR count). The van der Waals surface area contributed by atoms with Crippen molar-refractivity contribution in [1.29, 1.82) is 0 Å². The molecule has 1 saturated carbocycles. The highest BCUT2D eigenvalue weighted by atomic mass is 16.5. The lowest BCUT2D eigenvalue weighted by atomic mass is 9.92. The van der Waals surface area contributed by atoms with E-state index in [1.54, 1.807) is 0 Å². The smallest absolute Gasteiger partial charge is 0.254 e. The molecule has 5 heteroatoms. The van der Waals surface area contributed by atoms with Crippen LogP contribution in [0.4, 0.5) is 0 Å². The Morgan fingerprint density at radius 3 is 2.69 bits per heavy atom. The van der Waals surface area contributed by atoms with Crippen LogP contribution < -0.4 is 4.74 Å². The van der Waals surface area contributed by atoms with Crippen molar-refractivity contribution in [3.63, 3.8) is 0 Å². The lowest BCUT2D eigenvalue weighted by Gasteiger charge is -2.34. The van der Waals surface area contributed by atoms with E-state index in [9.17, 15) is 4.79 Å². The molecule has 1 aromatic carbocycles. The summed E-state index contributed by atoms with van der Waals surface area (Å²) in [4.78, 5) is 15.4. The summed E-state index contributed by atoms with van der Waals surface area (Å²) in [6, 6.07) is 8.31. The maximum atomic E-state index is 13.2. The van der Waals surface area contributed by atoms with E-state index in [2.05, 4.69) is 28.9 Å². The topological polar surface area (TPSA) is 58.2 Å². The first-order valence-electron chi connectivity index (χ1n) is 9.69. The average Bonchev–Trinajstić information content (AvgIpc) is 3.36. The Morgan fingerprint density at radius 2 is 2.00 bits per heavy atom. The molecule has 1 aromatic heterocycles. The number of carbonyl (C=O) groups is 1. The zero-order chi connectivity index (χ0) is 18.1. The van der Waals surface area contributed by atoms with Gasteiger partial charge in [-0.1, -0.05) is 13.8 Å². The van der Waals surface area contributed by atoms with E-state index < -0.39 is 0 Å². The van der Waals surface area contributed by atoms with Crippen LogP contribution in [0.2, 0.25) is 0 Å². The van der Waals surface area contributed by atoms with E-state index in [1.807, 2.05) is 30.5 Å². The number of H-pyrrole nitrogens is 1. The minimum Gasteiger partial charge on any atom is -0.493 e. The van der Waals surface area contributed by atoms with E-state index in [0.717, 1.165) is 49.1 Å². The van der Waals surface area contributed by atoms with Gasteiger partial charge in [-0.2, -0.15) is 5.10 Å². The van der Waals surface area contributed by atoms with Crippen LogP contribution in [-0.4, -0.2) is 39.7 Å². The van der Waals surface area contributed by atoms with Gasteiger partial charge in [-0.15, -0.1) is 0 Å². The van der Waals surface area contributed by atoms with Crippen molar-refractivity contribution in [3.8, 4) is 5.75 Å². The van der Waals surface area contributed by atoms with Crippen LogP contribution in [0.3, 0.4) is 0 Å². The molecule has 0 spiro atoms. The Hall–Kier alpha value is -2.30. The number of benzene rings is 1. The molecule has 1 unspecified atom stereocenters. The summed E-state index contributed by atoms with van der Waals surface area (Å²) in [6.07, 6.45) is 7.07. The Labute approximate surface area is 154 Å². The summed E-state index contributed by atoms with van der Waals surface area (Å²) < 4.78 is 5.73. The highest BCUT2D eigenvalue weighted by molar-refractivity contribution is 5.95. The first kappa shape index (κ1) is 17.1. The van der Waals surface area contributed by atoms with Gasteiger partial charge in [0.2, 0.25) is 0 Å². The number of hydrogen-bond donors (Lipinski definition) is 1. The van der Waals surface area contributed by atoms with E-state index in [4.69, 9.17) is 4.74 Å². The molecule has 5 nitrogen and oxygen atoms in total. The van der Waals surface area contributed by atoms with Gasteiger partial charge >= 0.3 is 0 Å². The van der Waals surface area contributed by atoms with Crippen LogP contribution in [0.5, 0.6) is 5.75 Å². The number of fused-ring (bicyclic) bond motifs is 1. The Bertz CT molecular complexity index is 762. The molecule has 0 bridgehead atoms. The summed E-state index contributed by atoms with van der Waals surface area (Å²) >= 11 is 0. The number of aryl methyl sites for hydroxylation is 1. The molecule has 1 N–H and O–H groups in total. The third kappa shape index (κ3) is 3.62. The third-order valence-corrected chi connectivity index (χ3v) is 5.23. The molecule has 0 saturated heterocycles. The predicted molar refractivity (Wildman–Crippen MR) is 100 cm³/mol. The van der Waals surface area contributed by atoms with Gasteiger partial charge in [-0.3, -0.25) is 9.89 Å². The fourth-order valence-electron chi connectivity index (χ4n) is 3.72. The standard InChI is InChI=1S/C21H27N3O2/c1-14(2)13-26-19-8-3-15(4-9-19)21(25)24(17-5-6-17)18-7-10-20-16(11-18)12-22-23-20/h3-4,8-9,12,14,17-18H,5-7,10-11,13H2,1-2H3,(H,22,23). The van der Waals surface area contributed by atoms with Crippen LogP contribution in [-0.2, 0) is 12.8 Å². The predicted octanol–water partition coefficient (Wildman–Crippen LogP) is 3.61. The maximum Gasteiger partial charge on any atom is 0.254 e. The SMILES string of the molecule is CC(C)COc1ccc(C(=O)N(C2CC2)C2CCc3n[nH]cc3C2)cc1. The van der Waals surface area contributed by atoms with E-state index in [1.165, 1.54) is 5.56 Å². The molecular formula is C21H27N3O2. The first-order valence-corrected chi connectivity index (χ1v) is 9.69. The number of ether oxygens (including phenoxy) is 1. The summed E-state index contributed by atoms with van der Waals surface area (Å²) in [5.41, 5.74) is 3.18. The van der Waals surface area contributed by atoms with Crippen molar-refractivity contribution >= 4 is 5.91 Å². The van der Waals surface area contributed by atoms with Crippen LogP contribution in [0, 0.1) is 5.92 Å². The summed E-state index contributed by atoms with van der Waals surface area (Å²) in [7, 11) is 0. The molecule has 26 heavy (non-hydrogen) atoms. The van der Waals surface area contributed by atoms with Gasteiger partial charge in [0.25, 0.3) is 5.91 Å². The number of aromatic nitrogens is 2. The van der Waals surface area contributed by atoms with Crippen molar-refractivity contribution in [2.45, 2.75) is 58.0 Å². The van der Waals surface area contributed by atoms with Gasteiger partial charge in [-0.25, -0.2) is 0 Å². The molecule has 2 aromatic rings. The summed E-state index contributed by atoms with van der Waals surface area (Å²) in [5, 5.41) is 7.28. The highest BCUT2D eigenvalue weighted by Gasteiger charge is 2.39. The molecule has 2 aliphatic carbocycles. The van der Waals surface area contributed by atoms with Crippen molar-refractivity contribution < 1.29 is 9.53 Å². The molecule has 1 fully saturated rings. The third-order valence-electron chi connectivity index (χ3n) is 5.23.